The molecular weight excluding hydrogens is 481 g/mol. The van der Waals surface area contributed by atoms with Crippen LogP contribution in [0.3, 0.4) is 0 Å². The Bertz CT molecular complexity index is 1250. The Morgan fingerprint density at radius 2 is 1.66 bits per heavy atom. The van der Waals surface area contributed by atoms with Crippen LogP contribution in [0.4, 0.5) is 15.8 Å². The molecule has 0 spiro atoms. The molecule has 1 unspecified atom stereocenters. The van der Waals surface area contributed by atoms with Crippen LogP contribution in [0.1, 0.15) is 52.0 Å². The zero-order valence-electron chi connectivity index (χ0n) is 21.5. The fraction of sp³-hybridized carbons (Fsp3) is 0.355. The predicted octanol–water partition coefficient (Wildman–Crippen LogP) is 5.45. The van der Waals surface area contributed by atoms with E-state index in [9.17, 15) is 14.0 Å². The van der Waals surface area contributed by atoms with Gasteiger partial charge < -0.3 is 20.3 Å². The van der Waals surface area contributed by atoms with Gasteiger partial charge in [0.05, 0.1) is 17.2 Å². The van der Waals surface area contributed by atoms with E-state index >= 15 is 0 Å². The summed E-state index contributed by atoms with van der Waals surface area (Å²) in [5.41, 5.74) is 3.10. The minimum Gasteiger partial charge on any atom is -0.376 e. The Morgan fingerprint density at radius 1 is 0.895 bits per heavy atom. The Labute approximate surface area is 223 Å². The van der Waals surface area contributed by atoms with Crippen molar-refractivity contribution in [2.75, 3.05) is 36.5 Å². The van der Waals surface area contributed by atoms with Crippen molar-refractivity contribution >= 4 is 23.2 Å². The molecule has 0 bridgehead atoms. The summed E-state index contributed by atoms with van der Waals surface area (Å²) in [7, 11) is 0. The molecule has 0 radical (unpaired) electrons. The van der Waals surface area contributed by atoms with Crippen LogP contribution in [0.5, 0.6) is 0 Å². The minimum absolute atomic E-state index is 0.0278. The third kappa shape index (κ3) is 6.40. The molecule has 2 aliphatic heterocycles. The average molecular weight is 516 g/mol. The first kappa shape index (κ1) is 25.9. The number of amides is 2. The highest BCUT2D eigenvalue weighted by molar-refractivity contribution is 6.06. The predicted molar refractivity (Wildman–Crippen MR) is 147 cm³/mol. The highest BCUT2D eigenvalue weighted by Gasteiger charge is 2.25. The van der Waals surface area contributed by atoms with Crippen molar-refractivity contribution in [1.82, 2.24) is 5.32 Å². The SMILES string of the molecule is O=C(Nc1ccc(N2CCC(Cc3ccccc3)CC2)c(C(=O)NCC2CCCO2)c1)c1ccccc1F. The van der Waals surface area contributed by atoms with E-state index in [1.807, 2.05) is 12.1 Å². The van der Waals surface area contributed by atoms with Gasteiger partial charge in [-0.25, -0.2) is 4.39 Å². The maximum absolute atomic E-state index is 14.1. The summed E-state index contributed by atoms with van der Waals surface area (Å²) in [6, 6.07) is 21.8. The van der Waals surface area contributed by atoms with Gasteiger partial charge in [-0.3, -0.25) is 9.59 Å². The van der Waals surface area contributed by atoms with Gasteiger partial charge in [-0.15, -0.1) is 0 Å². The lowest BCUT2D eigenvalue weighted by Gasteiger charge is -2.35. The molecule has 3 aromatic rings. The molecule has 7 heteroatoms. The van der Waals surface area contributed by atoms with Crippen LogP contribution in [0, 0.1) is 11.7 Å². The molecule has 2 N–H and O–H groups in total. The smallest absolute Gasteiger partial charge is 0.258 e. The zero-order chi connectivity index (χ0) is 26.3. The highest BCUT2D eigenvalue weighted by Crippen LogP contribution is 2.30. The first-order valence-corrected chi connectivity index (χ1v) is 13.5. The van der Waals surface area contributed by atoms with Gasteiger partial charge in [-0.1, -0.05) is 42.5 Å². The monoisotopic (exact) mass is 515 g/mol. The molecule has 2 fully saturated rings. The Morgan fingerprint density at radius 3 is 2.39 bits per heavy atom. The summed E-state index contributed by atoms with van der Waals surface area (Å²) >= 11 is 0. The molecule has 2 amide bonds. The van der Waals surface area contributed by atoms with Gasteiger partial charge in [0.15, 0.2) is 0 Å². The van der Waals surface area contributed by atoms with E-state index < -0.39 is 11.7 Å². The molecule has 6 nitrogen and oxygen atoms in total. The van der Waals surface area contributed by atoms with Crippen LogP contribution in [0.25, 0.3) is 0 Å². The number of rotatable bonds is 8. The molecule has 2 saturated heterocycles. The molecule has 5 rings (SSSR count). The second-order valence-corrected chi connectivity index (χ2v) is 10.1. The number of piperidine rings is 1. The number of hydrogen-bond donors (Lipinski definition) is 2. The summed E-state index contributed by atoms with van der Waals surface area (Å²) in [4.78, 5) is 28.3. The lowest BCUT2D eigenvalue weighted by atomic mass is 9.89. The van der Waals surface area contributed by atoms with E-state index in [2.05, 4.69) is 39.8 Å². The van der Waals surface area contributed by atoms with E-state index in [4.69, 9.17) is 4.74 Å². The Kier molecular flexibility index (Phi) is 8.34. The fourth-order valence-electron chi connectivity index (χ4n) is 5.35. The molecule has 0 aliphatic carbocycles. The molecule has 3 aromatic carbocycles. The molecule has 0 saturated carbocycles. The molecule has 0 aromatic heterocycles. The highest BCUT2D eigenvalue weighted by atomic mass is 19.1. The number of benzene rings is 3. The van der Waals surface area contributed by atoms with Crippen LogP contribution in [0.2, 0.25) is 0 Å². The van der Waals surface area contributed by atoms with Crippen molar-refractivity contribution in [2.45, 2.75) is 38.2 Å². The van der Waals surface area contributed by atoms with Gasteiger partial charge in [-0.05, 0) is 73.9 Å². The maximum Gasteiger partial charge on any atom is 0.258 e. The van der Waals surface area contributed by atoms with Gasteiger partial charge in [0.1, 0.15) is 5.82 Å². The summed E-state index contributed by atoms with van der Waals surface area (Å²) in [6.07, 6.45) is 5.10. The summed E-state index contributed by atoms with van der Waals surface area (Å²) < 4.78 is 19.8. The molecular formula is C31H34FN3O3. The van der Waals surface area contributed by atoms with Crippen LogP contribution in [-0.2, 0) is 11.2 Å². The van der Waals surface area contributed by atoms with Crippen molar-refractivity contribution in [3.8, 4) is 0 Å². The van der Waals surface area contributed by atoms with Gasteiger partial charge in [0, 0.05) is 37.6 Å². The molecule has 1 atom stereocenters. The zero-order valence-corrected chi connectivity index (χ0v) is 21.5. The van der Waals surface area contributed by atoms with Crippen LogP contribution >= 0.6 is 0 Å². The van der Waals surface area contributed by atoms with E-state index in [1.165, 1.54) is 17.7 Å². The van der Waals surface area contributed by atoms with Gasteiger partial charge in [0.2, 0.25) is 0 Å². The number of anilines is 2. The van der Waals surface area contributed by atoms with Gasteiger partial charge in [0.25, 0.3) is 11.8 Å². The number of nitrogens with zero attached hydrogens (tertiary/aromatic N) is 1. The second-order valence-electron chi connectivity index (χ2n) is 10.1. The van der Waals surface area contributed by atoms with E-state index in [1.54, 1.807) is 24.3 Å². The lowest BCUT2D eigenvalue weighted by Crippen LogP contribution is -2.37. The third-order valence-corrected chi connectivity index (χ3v) is 7.45. The third-order valence-electron chi connectivity index (χ3n) is 7.45. The normalized spacial score (nSPS) is 17.8. The first-order valence-electron chi connectivity index (χ1n) is 13.5. The van der Waals surface area contributed by atoms with Crippen molar-refractivity contribution < 1.29 is 18.7 Å². The summed E-state index contributed by atoms with van der Waals surface area (Å²) in [5.74, 6) is -0.744. The van der Waals surface area contributed by atoms with E-state index in [0.29, 0.717) is 23.7 Å². The molecule has 2 aliphatic rings. The topological polar surface area (TPSA) is 70.7 Å². The van der Waals surface area contributed by atoms with Crippen LogP contribution < -0.4 is 15.5 Å². The molecule has 198 valence electrons. The van der Waals surface area contributed by atoms with E-state index in [0.717, 1.165) is 57.5 Å². The number of ether oxygens (including phenoxy) is 1. The Hall–Kier alpha value is -3.71. The standard InChI is InChI=1S/C31H34FN3O3/c32-28-11-5-4-10-26(28)31(37)34-24-12-13-29(27(20-24)30(36)33-21-25-9-6-18-38-25)35-16-14-23(15-17-35)19-22-7-2-1-3-8-22/h1-5,7-8,10-13,20,23,25H,6,9,14-19,21H2,(H,33,36)(H,34,37). The largest absolute Gasteiger partial charge is 0.376 e. The quantitative estimate of drug-likeness (QED) is 0.419. The van der Waals surface area contributed by atoms with Gasteiger partial charge >= 0.3 is 0 Å². The maximum atomic E-state index is 14.1. The number of halogens is 1. The lowest BCUT2D eigenvalue weighted by molar-refractivity contribution is 0.0858. The summed E-state index contributed by atoms with van der Waals surface area (Å²) in [5, 5.41) is 5.77. The number of nitrogens with one attached hydrogen (secondary N) is 2. The first-order chi connectivity index (χ1) is 18.6. The number of carbonyl (C=O) groups is 2. The van der Waals surface area contributed by atoms with Crippen molar-refractivity contribution in [1.29, 1.82) is 0 Å². The second kappa shape index (κ2) is 12.2. The number of carbonyl (C=O) groups excluding carboxylic acids is 2. The van der Waals surface area contributed by atoms with Crippen molar-refractivity contribution in [3.63, 3.8) is 0 Å². The van der Waals surface area contributed by atoms with Crippen LogP contribution in [-0.4, -0.2) is 44.2 Å². The van der Waals surface area contributed by atoms with Crippen molar-refractivity contribution in [3.05, 3.63) is 95.3 Å². The minimum atomic E-state index is -0.588. The molecule has 2 heterocycles. The van der Waals surface area contributed by atoms with Crippen LogP contribution in [0.15, 0.2) is 72.8 Å². The number of hydrogen-bond acceptors (Lipinski definition) is 4. The molecule has 38 heavy (non-hydrogen) atoms. The van der Waals surface area contributed by atoms with Gasteiger partial charge in [-0.2, -0.15) is 0 Å². The fourth-order valence-corrected chi connectivity index (χ4v) is 5.35. The summed E-state index contributed by atoms with van der Waals surface area (Å²) in [6.45, 7) is 2.87. The Balaban J connectivity index is 1.31. The van der Waals surface area contributed by atoms with Crippen molar-refractivity contribution in [2.24, 2.45) is 5.92 Å². The average Bonchev–Trinajstić information content (AvgIpc) is 3.47. The van der Waals surface area contributed by atoms with E-state index in [-0.39, 0.29) is 17.6 Å².